The van der Waals surface area contributed by atoms with Crippen molar-refractivity contribution in [3.05, 3.63) is 41.7 Å². The van der Waals surface area contributed by atoms with Gasteiger partial charge >= 0.3 is 0 Å². The number of hydrogen-bond acceptors (Lipinski definition) is 3. The van der Waals surface area contributed by atoms with Crippen LogP contribution >= 0.6 is 0 Å². The molecule has 5 nitrogen and oxygen atoms in total. The average Bonchev–Trinajstić information content (AvgIpc) is 2.73. The zero-order valence-corrected chi connectivity index (χ0v) is 16.6. The molecule has 3 rings (SSSR count). The SMILES string of the molecule is CCN1CCN(C(=O)CC2CCN(C(=O)C=Cc3ccc(F)cc3)CC2)CC1. The van der Waals surface area contributed by atoms with Gasteiger partial charge in [-0.1, -0.05) is 19.1 Å². The molecule has 1 aromatic rings. The van der Waals surface area contributed by atoms with Crippen molar-refractivity contribution in [2.45, 2.75) is 26.2 Å². The highest BCUT2D eigenvalue weighted by Crippen LogP contribution is 2.22. The summed E-state index contributed by atoms with van der Waals surface area (Å²) >= 11 is 0. The van der Waals surface area contributed by atoms with E-state index in [0.29, 0.717) is 25.4 Å². The molecule has 0 radical (unpaired) electrons. The Bertz CT molecular complexity index is 688. The minimum absolute atomic E-state index is 0.0233. The Labute approximate surface area is 166 Å². The highest BCUT2D eigenvalue weighted by Gasteiger charge is 2.26. The summed E-state index contributed by atoms with van der Waals surface area (Å²) in [6.07, 6.45) is 5.60. The lowest BCUT2D eigenvalue weighted by atomic mass is 9.92. The second-order valence-electron chi connectivity index (χ2n) is 7.67. The van der Waals surface area contributed by atoms with E-state index in [4.69, 9.17) is 0 Å². The fraction of sp³-hybridized carbons (Fsp3) is 0.545. The van der Waals surface area contributed by atoms with Crippen molar-refractivity contribution in [1.82, 2.24) is 14.7 Å². The molecule has 0 unspecified atom stereocenters. The van der Waals surface area contributed by atoms with Gasteiger partial charge in [-0.25, -0.2) is 4.39 Å². The van der Waals surface area contributed by atoms with Crippen molar-refractivity contribution in [3.63, 3.8) is 0 Å². The fourth-order valence-electron chi connectivity index (χ4n) is 3.89. The molecule has 0 bridgehead atoms. The van der Waals surface area contributed by atoms with E-state index < -0.39 is 0 Å². The highest BCUT2D eigenvalue weighted by molar-refractivity contribution is 5.91. The van der Waals surface area contributed by atoms with Crippen molar-refractivity contribution in [2.75, 3.05) is 45.8 Å². The number of rotatable bonds is 5. The third kappa shape index (κ3) is 5.64. The van der Waals surface area contributed by atoms with E-state index in [-0.39, 0.29) is 17.6 Å². The molecule has 0 saturated carbocycles. The lowest BCUT2D eigenvalue weighted by Crippen LogP contribution is -2.49. The zero-order valence-electron chi connectivity index (χ0n) is 16.6. The number of likely N-dealkylation sites (tertiary alicyclic amines) is 1. The number of carbonyl (C=O) groups excluding carboxylic acids is 2. The molecule has 2 heterocycles. The minimum atomic E-state index is -0.285. The van der Waals surface area contributed by atoms with Crippen LogP contribution in [0.2, 0.25) is 0 Å². The van der Waals surface area contributed by atoms with Crippen LogP contribution < -0.4 is 0 Å². The number of piperazine rings is 1. The number of carbonyl (C=O) groups is 2. The van der Waals surface area contributed by atoms with E-state index in [1.54, 1.807) is 24.3 Å². The van der Waals surface area contributed by atoms with Crippen molar-refractivity contribution in [3.8, 4) is 0 Å². The van der Waals surface area contributed by atoms with Crippen molar-refractivity contribution in [1.29, 1.82) is 0 Å². The number of likely N-dealkylation sites (N-methyl/N-ethyl adjacent to an activating group) is 1. The molecular weight excluding hydrogens is 357 g/mol. The maximum Gasteiger partial charge on any atom is 0.246 e. The van der Waals surface area contributed by atoms with E-state index in [0.717, 1.165) is 51.1 Å². The van der Waals surface area contributed by atoms with Gasteiger partial charge in [-0.15, -0.1) is 0 Å². The second-order valence-corrected chi connectivity index (χ2v) is 7.67. The quantitative estimate of drug-likeness (QED) is 0.730. The average molecular weight is 387 g/mol. The van der Waals surface area contributed by atoms with Crippen LogP contribution in [0.5, 0.6) is 0 Å². The number of amides is 2. The number of halogens is 1. The summed E-state index contributed by atoms with van der Waals surface area (Å²) in [7, 11) is 0. The molecule has 0 aromatic heterocycles. The molecule has 2 aliphatic rings. The van der Waals surface area contributed by atoms with Gasteiger partial charge in [0.1, 0.15) is 5.82 Å². The Morgan fingerprint density at radius 2 is 1.64 bits per heavy atom. The van der Waals surface area contributed by atoms with Gasteiger partial charge in [0.2, 0.25) is 11.8 Å². The predicted octanol–water partition coefficient (Wildman–Crippen LogP) is 2.63. The van der Waals surface area contributed by atoms with E-state index in [1.165, 1.54) is 12.1 Å². The predicted molar refractivity (Wildman–Crippen MR) is 108 cm³/mol. The minimum Gasteiger partial charge on any atom is -0.340 e. The second kappa shape index (κ2) is 9.82. The van der Waals surface area contributed by atoms with E-state index >= 15 is 0 Å². The molecule has 1 aromatic carbocycles. The number of nitrogens with zero attached hydrogens (tertiary/aromatic N) is 3. The Balaban J connectivity index is 1.41. The number of benzene rings is 1. The Morgan fingerprint density at radius 3 is 2.25 bits per heavy atom. The maximum atomic E-state index is 12.9. The van der Waals surface area contributed by atoms with Gasteiger partial charge in [0.05, 0.1) is 0 Å². The maximum absolute atomic E-state index is 12.9. The summed E-state index contributed by atoms with van der Waals surface area (Å²) in [6, 6.07) is 6.07. The van der Waals surface area contributed by atoms with Gasteiger partial charge < -0.3 is 14.7 Å². The topological polar surface area (TPSA) is 43.9 Å². The van der Waals surface area contributed by atoms with Gasteiger partial charge in [-0.2, -0.15) is 0 Å². The molecule has 2 amide bonds. The molecule has 0 N–H and O–H groups in total. The number of piperidine rings is 1. The third-order valence-electron chi connectivity index (χ3n) is 5.85. The summed E-state index contributed by atoms with van der Waals surface area (Å²) in [5, 5.41) is 0. The first-order valence-corrected chi connectivity index (χ1v) is 10.3. The monoisotopic (exact) mass is 387 g/mol. The van der Waals surface area contributed by atoms with Crippen LogP contribution in [0.3, 0.4) is 0 Å². The zero-order chi connectivity index (χ0) is 19.9. The van der Waals surface area contributed by atoms with Crippen molar-refractivity contribution >= 4 is 17.9 Å². The molecule has 0 aliphatic carbocycles. The third-order valence-corrected chi connectivity index (χ3v) is 5.85. The molecule has 6 heteroatoms. The van der Waals surface area contributed by atoms with Crippen LogP contribution in [-0.4, -0.2) is 72.3 Å². The standard InChI is InChI=1S/C22H30FN3O2/c1-2-24-13-15-26(16-14-24)22(28)17-19-9-11-25(12-10-19)21(27)8-5-18-3-6-20(23)7-4-18/h3-8,19H,2,9-17H2,1H3. The van der Waals surface area contributed by atoms with Crippen LogP contribution in [-0.2, 0) is 9.59 Å². The molecule has 2 saturated heterocycles. The summed E-state index contributed by atoms with van der Waals surface area (Å²) in [5.41, 5.74) is 0.804. The molecule has 152 valence electrons. The molecule has 2 fully saturated rings. The van der Waals surface area contributed by atoms with Gasteiger partial charge in [-0.3, -0.25) is 9.59 Å². The summed E-state index contributed by atoms with van der Waals surface area (Å²) in [4.78, 5) is 31.1. The Hall–Kier alpha value is -2.21. The van der Waals surface area contributed by atoms with Crippen molar-refractivity contribution < 1.29 is 14.0 Å². The first-order chi connectivity index (χ1) is 13.5. The molecule has 0 atom stereocenters. The summed E-state index contributed by atoms with van der Waals surface area (Å²) < 4.78 is 12.9. The largest absolute Gasteiger partial charge is 0.340 e. The molecule has 2 aliphatic heterocycles. The van der Waals surface area contributed by atoms with Crippen LogP contribution in [0, 0.1) is 11.7 Å². The lowest BCUT2D eigenvalue weighted by molar-refractivity contribution is -0.134. The van der Waals surface area contributed by atoms with Crippen LogP contribution in [0.15, 0.2) is 30.3 Å². The lowest BCUT2D eigenvalue weighted by Gasteiger charge is -2.36. The summed E-state index contributed by atoms with van der Waals surface area (Å²) in [6.45, 7) is 8.18. The van der Waals surface area contributed by atoms with E-state index in [9.17, 15) is 14.0 Å². The smallest absolute Gasteiger partial charge is 0.246 e. The van der Waals surface area contributed by atoms with Gasteiger partial charge in [0.15, 0.2) is 0 Å². The van der Waals surface area contributed by atoms with Crippen LogP contribution in [0.1, 0.15) is 31.7 Å². The molecular formula is C22H30FN3O2. The number of hydrogen-bond donors (Lipinski definition) is 0. The Kier molecular flexibility index (Phi) is 7.20. The highest BCUT2D eigenvalue weighted by atomic mass is 19.1. The first-order valence-electron chi connectivity index (χ1n) is 10.3. The normalized spacial score (nSPS) is 19.4. The fourth-order valence-corrected chi connectivity index (χ4v) is 3.89. The Morgan fingerprint density at radius 1 is 1.00 bits per heavy atom. The van der Waals surface area contributed by atoms with Crippen LogP contribution in [0.4, 0.5) is 4.39 Å². The molecule has 28 heavy (non-hydrogen) atoms. The van der Waals surface area contributed by atoms with Crippen molar-refractivity contribution in [2.24, 2.45) is 5.92 Å². The van der Waals surface area contributed by atoms with Gasteiger partial charge in [0, 0.05) is 51.8 Å². The van der Waals surface area contributed by atoms with Gasteiger partial charge in [0.25, 0.3) is 0 Å². The molecule has 0 spiro atoms. The first kappa shape index (κ1) is 20.5. The van der Waals surface area contributed by atoms with Crippen LogP contribution in [0.25, 0.3) is 6.08 Å². The van der Waals surface area contributed by atoms with Gasteiger partial charge in [-0.05, 0) is 49.1 Å². The van der Waals surface area contributed by atoms with E-state index in [1.807, 2.05) is 9.80 Å². The summed E-state index contributed by atoms with van der Waals surface area (Å²) in [5.74, 6) is 0.315. The van der Waals surface area contributed by atoms with E-state index in [2.05, 4.69) is 11.8 Å².